The SMILES string of the molecule is CCCCCCCCCCCCCCCCCCCC(OC(=O)Nc1nc2c(c(=O)[nH]1)n(C)c[n+]2C1OC(COP(OC)OPOO)C(O)C1O)c1ccccc1[N+](=O)[O-]. The molecule has 1 aliphatic rings. The molecule has 3 heterocycles. The predicted molar refractivity (Wildman–Crippen MR) is 225 cm³/mol. The van der Waals surface area contributed by atoms with Gasteiger partial charge < -0.3 is 28.7 Å². The van der Waals surface area contributed by atoms with E-state index in [0.717, 1.165) is 25.7 Å². The zero-order valence-electron chi connectivity index (χ0n) is 34.9. The van der Waals surface area contributed by atoms with Crippen molar-refractivity contribution in [2.45, 2.75) is 153 Å². The van der Waals surface area contributed by atoms with Gasteiger partial charge in [0.05, 0.1) is 24.1 Å². The highest BCUT2D eigenvalue weighted by atomic mass is 31.2. The van der Waals surface area contributed by atoms with Gasteiger partial charge in [-0.2, -0.15) is 4.67 Å². The van der Waals surface area contributed by atoms with Crippen LogP contribution in [0.2, 0.25) is 0 Å². The molecule has 0 bridgehead atoms. The number of amides is 1. The number of H-pyrrole nitrogens is 1. The number of hydrogen-bond donors (Lipinski definition) is 5. The van der Waals surface area contributed by atoms with Crippen LogP contribution in [0.15, 0.2) is 35.4 Å². The van der Waals surface area contributed by atoms with E-state index in [1.165, 1.54) is 106 Å². The van der Waals surface area contributed by atoms with Gasteiger partial charge in [-0.25, -0.2) is 19.9 Å². The van der Waals surface area contributed by atoms with E-state index >= 15 is 0 Å². The van der Waals surface area contributed by atoms with E-state index in [9.17, 15) is 29.9 Å². The molecule has 2 aromatic heterocycles. The zero-order chi connectivity index (χ0) is 43.3. The summed E-state index contributed by atoms with van der Waals surface area (Å²) in [6.07, 6.45) is 15.2. The Morgan fingerprint density at radius 1 is 1.02 bits per heavy atom. The Morgan fingerprint density at radius 3 is 2.20 bits per heavy atom. The van der Waals surface area contributed by atoms with Crippen molar-refractivity contribution in [3.63, 3.8) is 0 Å². The molecule has 1 saturated heterocycles. The van der Waals surface area contributed by atoms with E-state index in [0.29, 0.717) is 12.8 Å². The van der Waals surface area contributed by atoms with Crippen molar-refractivity contribution in [2.75, 3.05) is 19.0 Å². The van der Waals surface area contributed by atoms with Gasteiger partial charge in [0.1, 0.15) is 24.4 Å². The molecule has 1 aliphatic heterocycles. The molecule has 1 amide bonds. The van der Waals surface area contributed by atoms with E-state index in [2.05, 4.69) is 26.9 Å². The van der Waals surface area contributed by atoms with Crippen molar-refractivity contribution in [3.05, 3.63) is 56.6 Å². The number of ether oxygens (including phenoxy) is 2. The molecular weight excluding hydrogens is 822 g/mol. The van der Waals surface area contributed by atoms with Crippen LogP contribution in [-0.4, -0.2) is 73.1 Å². The largest absolute Gasteiger partial charge is 0.441 e. The molecule has 5 N–H and O–H groups in total. The first-order valence-electron chi connectivity index (χ1n) is 21.0. The lowest BCUT2D eigenvalue weighted by Gasteiger charge is -2.18. The second-order valence-electron chi connectivity index (χ2n) is 15.0. The number of aromatic nitrogens is 4. The van der Waals surface area contributed by atoms with Crippen molar-refractivity contribution < 1.29 is 57.3 Å². The van der Waals surface area contributed by atoms with Crippen LogP contribution in [0.4, 0.5) is 16.4 Å². The number of nitro groups is 1. The highest BCUT2D eigenvalue weighted by molar-refractivity contribution is 7.50. The number of aromatic amines is 1. The number of benzene rings is 1. The summed E-state index contributed by atoms with van der Waals surface area (Å²) in [6.45, 7) is 1.97. The third-order valence-corrected chi connectivity index (χ3v) is 12.2. The number of carbonyl (C=O) groups is 1. The van der Waals surface area contributed by atoms with Crippen molar-refractivity contribution in [1.82, 2.24) is 14.5 Å². The first-order chi connectivity index (χ1) is 29.1. The van der Waals surface area contributed by atoms with Crippen LogP contribution in [0.3, 0.4) is 0 Å². The summed E-state index contributed by atoms with van der Waals surface area (Å²) in [5.74, 6) is -0.292. The Bertz CT molecular complexity index is 1800. The summed E-state index contributed by atoms with van der Waals surface area (Å²) < 4.78 is 34.0. The third-order valence-electron chi connectivity index (χ3n) is 10.5. The lowest BCUT2D eigenvalue weighted by atomic mass is 10.00. The number of imidazole rings is 1. The molecule has 7 unspecified atom stereocenters. The smallest absolute Gasteiger partial charge is 0.415 e. The number of para-hydroxylation sites is 1. The number of aryl methyl sites for hydroxylation is 1. The average Bonchev–Trinajstić information content (AvgIpc) is 3.71. The van der Waals surface area contributed by atoms with Crippen LogP contribution in [0, 0.1) is 10.1 Å². The number of fused-ring (bicyclic) bond motifs is 1. The Kier molecular flexibility index (Phi) is 22.2. The molecule has 336 valence electrons. The first kappa shape index (κ1) is 49.4. The number of aliphatic hydroxyl groups excluding tert-OH is 2. The Hall–Kier alpha value is -3.22. The molecule has 21 heteroatoms. The van der Waals surface area contributed by atoms with E-state index < -0.39 is 64.9 Å². The highest BCUT2D eigenvalue weighted by Gasteiger charge is 2.47. The zero-order valence-corrected chi connectivity index (χ0v) is 36.8. The molecule has 1 aromatic carbocycles. The number of unbranched alkanes of at least 4 members (excludes halogenated alkanes) is 16. The maximum atomic E-state index is 13.4. The van der Waals surface area contributed by atoms with Crippen LogP contribution in [-0.2, 0) is 34.6 Å². The summed E-state index contributed by atoms with van der Waals surface area (Å²) in [7, 11) is 0.139. The molecular formula is C39H63N6O13P2+. The maximum absolute atomic E-state index is 13.4. The highest BCUT2D eigenvalue weighted by Crippen LogP contribution is 2.46. The van der Waals surface area contributed by atoms with E-state index in [-0.39, 0.29) is 35.0 Å². The number of nitrogens with zero attached hydrogens (tertiary/aromatic N) is 4. The third kappa shape index (κ3) is 15.3. The van der Waals surface area contributed by atoms with Crippen LogP contribution in [0.25, 0.3) is 11.2 Å². The molecule has 0 radical (unpaired) electrons. The number of nitro benzene ring substituents is 1. The van der Waals surface area contributed by atoms with Crippen LogP contribution < -0.4 is 15.4 Å². The summed E-state index contributed by atoms with van der Waals surface area (Å²) >= 11 is 0. The Balaban J connectivity index is 1.32. The molecule has 0 saturated carbocycles. The number of anilines is 1. The monoisotopic (exact) mass is 885 g/mol. The van der Waals surface area contributed by atoms with Crippen LogP contribution in [0.1, 0.15) is 140 Å². The van der Waals surface area contributed by atoms with Crippen molar-refractivity contribution >= 4 is 46.5 Å². The number of aliphatic hydroxyl groups is 2. The molecule has 4 rings (SSSR count). The van der Waals surface area contributed by atoms with E-state index in [1.54, 1.807) is 25.2 Å². The number of carbonyl (C=O) groups excluding carboxylic acids is 1. The predicted octanol–water partition coefficient (Wildman–Crippen LogP) is 8.31. The van der Waals surface area contributed by atoms with Gasteiger partial charge in [0, 0.05) is 13.2 Å². The number of rotatable bonds is 30. The molecule has 0 aliphatic carbocycles. The minimum atomic E-state index is -1.96. The van der Waals surface area contributed by atoms with Crippen molar-refractivity contribution in [1.29, 1.82) is 0 Å². The van der Waals surface area contributed by atoms with Gasteiger partial charge in [0.2, 0.25) is 20.8 Å². The normalized spacial score (nSPS) is 19.0. The molecule has 60 heavy (non-hydrogen) atoms. The average molecular weight is 886 g/mol. The fraction of sp³-hybridized carbons (Fsp3) is 0.692. The van der Waals surface area contributed by atoms with E-state index in [4.69, 9.17) is 28.1 Å². The van der Waals surface area contributed by atoms with Gasteiger partial charge in [-0.15, -0.1) is 0 Å². The van der Waals surface area contributed by atoms with Gasteiger partial charge in [0.15, 0.2) is 6.33 Å². The Labute approximate surface area is 353 Å². The van der Waals surface area contributed by atoms with Gasteiger partial charge in [0.25, 0.3) is 17.2 Å². The first-order valence-corrected chi connectivity index (χ1v) is 22.9. The summed E-state index contributed by atoms with van der Waals surface area (Å²) in [4.78, 5) is 45.0. The van der Waals surface area contributed by atoms with Crippen LogP contribution in [0.5, 0.6) is 0 Å². The van der Waals surface area contributed by atoms with Crippen molar-refractivity contribution in [3.8, 4) is 0 Å². The molecule has 19 nitrogen and oxygen atoms in total. The summed E-state index contributed by atoms with van der Waals surface area (Å²) in [6, 6.07) is 6.13. The van der Waals surface area contributed by atoms with Gasteiger partial charge in [-0.05, 0) is 18.9 Å². The van der Waals surface area contributed by atoms with Gasteiger partial charge in [-0.3, -0.25) is 28.8 Å². The minimum Gasteiger partial charge on any atom is -0.441 e. The number of nitrogens with one attached hydrogen (secondary N) is 2. The second kappa shape index (κ2) is 27.0. The van der Waals surface area contributed by atoms with Crippen LogP contribution >= 0.6 is 17.6 Å². The summed E-state index contributed by atoms with van der Waals surface area (Å²) in [5, 5.41) is 44.6. The molecule has 1 fully saturated rings. The fourth-order valence-corrected chi connectivity index (χ4v) is 8.67. The maximum Gasteiger partial charge on any atom is 0.415 e. The lowest BCUT2D eigenvalue weighted by Crippen LogP contribution is -2.46. The van der Waals surface area contributed by atoms with Gasteiger partial charge in [-0.1, -0.05) is 127 Å². The van der Waals surface area contributed by atoms with Crippen molar-refractivity contribution in [2.24, 2.45) is 7.05 Å². The number of hydrogen-bond acceptors (Lipinski definition) is 14. The molecule has 3 aromatic rings. The second-order valence-corrected chi connectivity index (χ2v) is 17.2. The Morgan fingerprint density at radius 2 is 1.62 bits per heavy atom. The molecule has 7 atom stereocenters. The lowest BCUT2D eigenvalue weighted by molar-refractivity contribution is -0.745. The quantitative estimate of drug-likeness (QED) is 0.0106. The van der Waals surface area contributed by atoms with E-state index in [1.807, 2.05) is 0 Å². The standard InChI is InChI=1S/C39H62N6O13P2/c1-4-5-6-7-8-9-10-11-12-13-14-15-16-17-18-19-20-25-30(28-23-21-22-24-29(28)45(50)51)56-39(49)42-38-40-35-32(36(48)41-38)43(2)27-44(35)37-34(47)33(46)31(55-37)26-54-60(53-3)58-59-57-52/h21-24,27,30-31,33-34,37,46-47,59H,4-20,25-26H2,1-3H3,(H2-,40,41,42,48,49,52)/p+1. The van der Waals surface area contributed by atoms with Gasteiger partial charge >= 0.3 is 20.3 Å². The fourth-order valence-electron chi connectivity index (χ4n) is 7.41. The topological polar surface area (TPSA) is 243 Å². The minimum absolute atomic E-state index is 0.00289. The summed E-state index contributed by atoms with van der Waals surface area (Å²) in [5.41, 5.74) is -0.498. The molecule has 0 spiro atoms.